The van der Waals surface area contributed by atoms with Crippen molar-refractivity contribution in [3.05, 3.63) is 0 Å². The van der Waals surface area contributed by atoms with Crippen molar-refractivity contribution in [2.75, 3.05) is 20.3 Å². The first-order chi connectivity index (χ1) is 10.0. The molecule has 2 atom stereocenters. The lowest BCUT2D eigenvalue weighted by atomic mass is 10.1. The van der Waals surface area contributed by atoms with Gasteiger partial charge in [0.1, 0.15) is 6.04 Å². The molecule has 1 saturated heterocycles. The average Bonchev–Trinajstić information content (AvgIpc) is 3.20. The van der Waals surface area contributed by atoms with Crippen molar-refractivity contribution in [1.82, 2.24) is 10.2 Å². The van der Waals surface area contributed by atoms with E-state index in [2.05, 4.69) is 5.32 Å². The molecule has 7 nitrogen and oxygen atoms in total. The number of aliphatic carboxylic acids is 1. The number of ether oxygens (including phenoxy) is 1. The molecule has 0 aromatic carbocycles. The highest BCUT2D eigenvalue weighted by Crippen LogP contribution is 2.32. The van der Waals surface area contributed by atoms with Gasteiger partial charge in [-0.2, -0.15) is 0 Å². The molecule has 1 aliphatic carbocycles. The summed E-state index contributed by atoms with van der Waals surface area (Å²) in [7, 11) is 1.55. The number of hydrogen-bond acceptors (Lipinski definition) is 4. The van der Waals surface area contributed by atoms with E-state index in [1.165, 1.54) is 0 Å². The molecule has 1 aliphatic heterocycles. The number of nitrogens with one attached hydrogen (secondary N) is 1. The molecule has 2 aliphatic rings. The van der Waals surface area contributed by atoms with Gasteiger partial charge in [-0.3, -0.25) is 9.59 Å². The molecule has 2 fully saturated rings. The average molecular weight is 298 g/mol. The zero-order chi connectivity index (χ0) is 15.4. The zero-order valence-electron chi connectivity index (χ0n) is 12.2. The Balaban J connectivity index is 1.84. The van der Waals surface area contributed by atoms with Gasteiger partial charge < -0.3 is 20.1 Å². The van der Waals surface area contributed by atoms with Gasteiger partial charge in [-0.05, 0) is 25.7 Å². The molecule has 7 heteroatoms. The monoisotopic (exact) mass is 298 g/mol. The molecule has 21 heavy (non-hydrogen) atoms. The van der Waals surface area contributed by atoms with Crippen LogP contribution in [0.4, 0.5) is 0 Å². The number of carboxylic acid groups (broad SMARTS) is 1. The molecule has 1 heterocycles. The number of amides is 2. The van der Waals surface area contributed by atoms with Crippen LogP contribution in [0.2, 0.25) is 0 Å². The van der Waals surface area contributed by atoms with Gasteiger partial charge in [0.05, 0.1) is 5.92 Å². The first-order valence-corrected chi connectivity index (χ1v) is 7.34. The third-order valence-corrected chi connectivity index (χ3v) is 3.97. The molecule has 2 rings (SSSR count). The summed E-state index contributed by atoms with van der Waals surface area (Å²) >= 11 is 0. The number of likely N-dealkylation sites (tertiary alicyclic amines) is 1. The molecular formula is C14H22N2O5. The van der Waals surface area contributed by atoms with Gasteiger partial charge in [0.25, 0.3) is 0 Å². The molecule has 2 unspecified atom stereocenters. The van der Waals surface area contributed by atoms with E-state index in [0.29, 0.717) is 32.0 Å². The maximum Gasteiger partial charge on any atom is 0.326 e. The number of hydrogen-bond donors (Lipinski definition) is 2. The van der Waals surface area contributed by atoms with E-state index in [9.17, 15) is 14.4 Å². The van der Waals surface area contributed by atoms with Crippen LogP contribution >= 0.6 is 0 Å². The summed E-state index contributed by atoms with van der Waals surface area (Å²) in [6.45, 7) is 0.872. The number of rotatable bonds is 8. The third-order valence-electron chi connectivity index (χ3n) is 3.97. The van der Waals surface area contributed by atoms with Crippen LogP contribution in [0, 0.1) is 5.92 Å². The predicted molar refractivity (Wildman–Crippen MR) is 73.5 cm³/mol. The number of nitrogens with zero attached hydrogens (tertiary/aromatic N) is 1. The highest BCUT2D eigenvalue weighted by molar-refractivity contribution is 5.91. The fraction of sp³-hybridized carbons (Fsp3) is 0.786. The van der Waals surface area contributed by atoms with Crippen molar-refractivity contribution in [3.63, 3.8) is 0 Å². The fourth-order valence-corrected chi connectivity index (χ4v) is 2.63. The second kappa shape index (κ2) is 6.89. The summed E-state index contributed by atoms with van der Waals surface area (Å²) in [5, 5.41) is 11.7. The van der Waals surface area contributed by atoms with Crippen LogP contribution in [0.15, 0.2) is 0 Å². The normalized spacial score (nSPS) is 23.2. The van der Waals surface area contributed by atoms with E-state index in [-0.39, 0.29) is 18.2 Å². The lowest BCUT2D eigenvalue weighted by Gasteiger charge is -2.18. The van der Waals surface area contributed by atoms with Crippen LogP contribution in [-0.2, 0) is 19.1 Å². The summed E-state index contributed by atoms with van der Waals surface area (Å²) in [6.07, 6.45) is 3.09. The standard InChI is InChI=1S/C14H22N2O5/c1-21-6-2-3-11(14(19)20)15-13(18)9-7-12(17)16(8-9)10-4-5-10/h9-11H,2-8H2,1H3,(H,15,18)(H,19,20). The van der Waals surface area contributed by atoms with E-state index < -0.39 is 17.9 Å². The summed E-state index contributed by atoms with van der Waals surface area (Å²) in [4.78, 5) is 36.9. The Hall–Kier alpha value is -1.63. The van der Waals surface area contributed by atoms with Crippen LogP contribution < -0.4 is 5.32 Å². The Labute approximate surface area is 123 Å². The summed E-state index contributed by atoms with van der Waals surface area (Å²) in [6, 6.07) is -0.620. The molecule has 2 amide bonds. The number of methoxy groups -OCH3 is 1. The van der Waals surface area contributed by atoms with Gasteiger partial charge in [-0.15, -0.1) is 0 Å². The van der Waals surface area contributed by atoms with E-state index in [1.807, 2.05) is 0 Å². The Morgan fingerprint density at radius 3 is 2.76 bits per heavy atom. The van der Waals surface area contributed by atoms with Gasteiger partial charge >= 0.3 is 5.97 Å². The first kappa shape index (κ1) is 15.8. The second-order valence-corrected chi connectivity index (χ2v) is 5.71. The molecule has 0 aromatic heterocycles. The third kappa shape index (κ3) is 4.17. The SMILES string of the molecule is COCCCC(NC(=O)C1CC(=O)N(C2CC2)C1)C(=O)O. The summed E-state index contributed by atoms with van der Waals surface area (Å²) in [5.41, 5.74) is 0. The molecule has 2 N–H and O–H groups in total. The zero-order valence-corrected chi connectivity index (χ0v) is 12.2. The minimum Gasteiger partial charge on any atom is -0.480 e. The number of carboxylic acids is 1. The van der Waals surface area contributed by atoms with Crippen molar-refractivity contribution < 1.29 is 24.2 Å². The van der Waals surface area contributed by atoms with Crippen LogP contribution in [0.25, 0.3) is 0 Å². The second-order valence-electron chi connectivity index (χ2n) is 5.71. The smallest absolute Gasteiger partial charge is 0.326 e. The predicted octanol–water partition coefficient (Wildman–Crippen LogP) is -0.00670. The van der Waals surface area contributed by atoms with E-state index >= 15 is 0 Å². The van der Waals surface area contributed by atoms with Crippen molar-refractivity contribution >= 4 is 17.8 Å². The molecule has 0 aromatic rings. The minimum absolute atomic E-state index is 0.00362. The maximum absolute atomic E-state index is 12.1. The van der Waals surface area contributed by atoms with Crippen molar-refractivity contribution in [2.45, 2.75) is 44.2 Å². The highest BCUT2D eigenvalue weighted by atomic mass is 16.5. The molecule has 1 saturated carbocycles. The van der Waals surface area contributed by atoms with Gasteiger partial charge in [0.2, 0.25) is 11.8 Å². The largest absolute Gasteiger partial charge is 0.480 e. The minimum atomic E-state index is -1.05. The lowest BCUT2D eigenvalue weighted by Crippen LogP contribution is -2.44. The highest BCUT2D eigenvalue weighted by Gasteiger charge is 2.42. The van der Waals surface area contributed by atoms with Gasteiger partial charge in [0.15, 0.2) is 0 Å². The van der Waals surface area contributed by atoms with Crippen LogP contribution in [0.3, 0.4) is 0 Å². The molecule has 0 bridgehead atoms. The molecule has 118 valence electrons. The quantitative estimate of drug-likeness (QED) is 0.615. The first-order valence-electron chi connectivity index (χ1n) is 7.34. The Morgan fingerprint density at radius 1 is 1.48 bits per heavy atom. The summed E-state index contributed by atoms with van der Waals surface area (Å²) in [5.74, 6) is -1.81. The van der Waals surface area contributed by atoms with Crippen molar-refractivity contribution in [3.8, 4) is 0 Å². The van der Waals surface area contributed by atoms with Crippen LogP contribution in [0.5, 0.6) is 0 Å². The number of carbonyl (C=O) groups excluding carboxylic acids is 2. The van der Waals surface area contributed by atoms with Crippen molar-refractivity contribution in [2.24, 2.45) is 5.92 Å². The number of carbonyl (C=O) groups is 3. The molecule has 0 radical (unpaired) electrons. The topological polar surface area (TPSA) is 95.9 Å². The van der Waals surface area contributed by atoms with Crippen LogP contribution in [0.1, 0.15) is 32.1 Å². The Morgan fingerprint density at radius 2 is 2.19 bits per heavy atom. The summed E-state index contributed by atoms with van der Waals surface area (Å²) < 4.78 is 4.88. The van der Waals surface area contributed by atoms with Gasteiger partial charge in [-0.25, -0.2) is 4.79 Å². The fourth-order valence-electron chi connectivity index (χ4n) is 2.63. The van der Waals surface area contributed by atoms with Crippen molar-refractivity contribution in [1.29, 1.82) is 0 Å². The van der Waals surface area contributed by atoms with E-state index in [4.69, 9.17) is 9.84 Å². The Kier molecular flexibility index (Phi) is 5.17. The van der Waals surface area contributed by atoms with Gasteiger partial charge in [-0.1, -0.05) is 0 Å². The van der Waals surface area contributed by atoms with Crippen LogP contribution in [-0.4, -0.2) is 60.1 Å². The lowest BCUT2D eigenvalue weighted by molar-refractivity contribution is -0.142. The van der Waals surface area contributed by atoms with E-state index in [0.717, 1.165) is 12.8 Å². The maximum atomic E-state index is 12.1. The van der Waals surface area contributed by atoms with Gasteiger partial charge in [0, 0.05) is 32.7 Å². The molecule has 0 spiro atoms. The van der Waals surface area contributed by atoms with E-state index in [1.54, 1.807) is 12.0 Å². The molecular weight excluding hydrogens is 276 g/mol. The Bertz CT molecular complexity index is 422.